The summed E-state index contributed by atoms with van der Waals surface area (Å²) in [5, 5.41) is 6.95. The topological polar surface area (TPSA) is 84.7 Å². The molecule has 0 fully saturated rings. The largest absolute Gasteiger partial charge is 0.497 e. The Morgan fingerprint density at radius 1 is 1.00 bits per heavy atom. The van der Waals surface area contributed by atoms with Gasteiger partial charge in [-0.05, 0) is 62.4 Å². The van der Waals surface area contributed by atoms with Crippen LogP contribution in [0.15, 0.2) is 53.6 Å². The van der Waals surface area contributed by atoms with Crippen LogP contribution >= 0.6 is 23.2 Å². The van der Waals surface area contributed by atoms with Gasteiger partial charge < -0.3 is 14.6 Å². The van der Waals surface area contributed by atoms with E-state index in [2.05, 4.69) is 20.4 Å². The second-order valence-corrected chi connectivity index (χ2v) is 7.46. The maximum absolute atomic E-state index is 12.0. The molecule has 0 saturated carbocycles. The van der Waals surface area contributed by atoms with Crippen molar-refractivity contribution < 1.29 is 14.3 Å². The van der Waals surface area contributed by atoms with Gasteiger partial charge in [-0.15, -0.1) is 0 Å². The molecule has 160 valence electrons. The maximum Gasteiger partial charge on any atom is 0.329 e. The van der Waals surface area contributed by atoms with Crippen molar-refractivity contribution in [2.75, 3.05) is 12.4 Å². The smallest absolute Gasteiger partial charge is 0.329 e. The number of hydrazone groups is 1. The SMILES string of the molecule is COc1ccc(-n2c(C)cc(/C=N\NC(=O)C(=O)Nc3ccc(Cl)c(Cl)c3)c2C)cc1. The zero-order chi connectivity index (χ0) is 22.5. The number of amides is 2. The molecule has 0 unspecified atom stereocenters. The summed E-state index contributed by atoms with van der Waals surface area (Å²) in [5.41, 5.74) is 6.27. The molecule has 9 heteroatoms. The molecule has 2 aromatic carbocycles. The minimum absolute atomic E-state index is 0.269. The van der Waals surface area contributed by atoms with Crippen LogP contribution in [0.4, 0.5) is 5.69 Å². The minimum Gasteiger partial charge on any atom is -0.497 e. The van der Waals surface area contributed by atoms with Crippen LogP contribution in [0.2, 0.25) is 10.0 Å². The number of methoxy groups -OCH3 is 1. The van der Waals surface area contributed by atoms with Crippen LogP contribution in [0.25, 0.3) is 5.69 Å². The number of carbonyl (C=O) groups is 2. The summed E-state index contributed by atoms with van der Waals surface area (Å²) in [5.74, 6) is -1.01. The zero-order valence-electron chi connectivity index (χ0n) is 17.1. The predicted molar refractivity (Wildman–Crippen MR) is 123 cm³/mol. The molecule has 0 saturated heterocycles. The molecule has 1 aromatic heterocycles. The van der Waals surface area contributed by atoms with Gasteiger partial charge in [-0.25, -0.2) is 5.43 Å². The highest BCUT2D eigenvalue weighted by atomic mass is 35.5. The standard InChI is InChI=1S/C22H20Cl2N4O3/c1-13-10-15(14(2)28(13)17-5-7-18(31-3)8-6-17)12-25-27-22(30)21(29)26-16-4-9-19(23)20(24)11-16/h4-12H,1-3H3,(H,26,29)(H,27,30)/b25-12-. The minimum atomic E-state index is -0.911. The number of hydrogen-bond donors (Lipinski definition) is 2. The van der Waals surface area contributed by atoms with E-state index >= 15 is 0 Å². The first-order valence-corrected chi connectivity index (χ1v) is 9.98. The van der Waals surface area contributed by atoms with Gasteiger partial charge in [-0.3, -0.25) is 9.59 Å². The third-order valence-electron chi connectivity index (χ3n) is 4.55. The molecule has 2 N–H and O–H groups in total. The Balaban J connectivity index is 1.66. The Bertz CT molecular complexity index is 1150. The van der Waals surface area contributed by atoms with Gasteiger partial charge in [0.15, 0.2) is 0 Å². The molecule has 0 radical (unpaired) electrons. The van der Waals surface area contributed by atoms with E-state index in [0.717, 1.165) is 28.4 Å². The summed E-state index contributed by atoms with van der Waals surface area (Å²) < 4.78 is 7.25. The van der Waals surface area contributed by atoms with E-state index in [-0.39, 0.29) is 5.02 Å². The fraction of sp³-hybridized carbons (Fsp3) is 0.136. The van der Waals surface area contributed by atoms with Crippen molar-refractivity contribution in [1.29, 1.82) is 0 Å². The molecule has 0 aliphatic carbocycles. The molecule has 2 amide bonds. The van der Waals surface area contributed by atoms with E-state index in [1.807, 2.05) is 44.2 Å². The van der Waals surface area contributed by atoms with Crippen LogP contribution in [0.3, 0.4) is 0 Å². The molecule has 1 heterocycles. The van der Waals surface area contributed by atoms with Gasteiger partial charge in [-0.2, -0.15) is 5.10 Å². The molecule has 0 atom stereocenters. The highest BCUT2D eigenvalue weighted by Gasteiger charge is 2.14. The van der Waals surface area contributed by atoms with Gasteiger partial charge in [0, 0.05) is 28.3 Å². The van der Waals surface area contributed by atoms with Crippen molar-refractivity contribution in [3.63, 3.8) is 0 Å². The van der Waals surface area contributed by atoms with Crippen molar-refractivity contribution in [2.45, 2.75) is 13.8 Å². The van der Waals surface area contributed by atoms with E-state index in [0.29, 0.717) is 10.7 Å². The zero-order valence-corrected chi connectivity index (χ0v) is 18.6. The average molecular weight is 459 g/mol. The number of carbonyl (C=O) groups excluding carboxylic acids is 2. The Labute approximate surface area is 189 Å². The summed E-state index contributed by atoms with van der Waals surface area (Å²) in [6.07, 6.45) is 1.49. The number of halogens is 2. The van der Waals surface area contributed by atoms with Crippen LogP contribution in [-0.4, -0.2) is 29.7 Å². The van der Waals surface area contributed by atoms with Gasteiger partial charge in [0.1, 0.15) is 5.75 Å². The van der Waals surface area contributed by atoms with E-state index in [1.165, 1.54) is 24.4 Å². The number of benzene rings is 2. The van der Waals surface area contributed by atoms with Crippen LogP contribution < -0.4 is 15.5 Å². The number of nitrogens with one attached hydrogen (secondary N) is 2. The fourth-order valence-electron chi connectivity index (χ4n) is 3.02. The lowest BCUT2D eigenvalue weighted by Gasteiger charge is -2.10. The monoisotopic (exact) mass is 458 g/mol. The molecule has 0 spiro atoms. The number of nitrogens with zero attached hydrogens (tertiary/aromatic N) is 2. The lowest BCUT2D eigenvalue weighted by molar-refractivity contribution is -0.136. The first kappa shape index (κ1) is 22.4. The van der Waals surface area contributed by atoms with E-state index < -0.39 is 11.8 Å². The second kappa shape index (κ2) is 9.68. The Morgan fingerprint density at radius 3 is 2.35 bits per heavy atom. The van der Waals surface area contributed by atoms with Crippen LogP contribution in [0.1, 0.15) is 17.0 Å². The summed E-state index contributed by atoms with van der Waals surface area (Å²) in [6, 6.07) is 14.1. The lowest BCUT2D eigenvalue weighted by atomic mass is 10.2. The molecule has 3 aromatic rings. The van der Waals surface area contributed by atoms with E-state index in [1.54, 1.807) is 7.11 Å². The van der Waals surface area contributed by atoms with Crippen molar-refractivity contribution in [2.24, 2.45) is 5.10 Å². The third kappa shape index (κ3) is 5.25. The third-order valence-corrected chi connectivity index (χ3v) is 5.29. The van der Waals surface area contributed by atoms with Crippen molar-refractivity contribution in [3.8, 4) is 11.4 Å². The Kier molecular flexibility index (Phi) is 6.99. The fourth-order valence-corrected chi connectivity index (χ4v) is 3.32. The van der Waals surface area contributed by atoms with Gasteiger partial charge in [-0.1, -0.05) is 23.2 Å². The summed E-state index contributed by atoms with van der Waals surface area (Å²) >= 11 is 11.7. The number of rotatable bonds is 5. The highest BCUT2D eigenvalue weighted by Crippen LogP contribution is 2.25. The number of aromatic nitrogens is 1. The van der Waals surface area contributed by atoms with Crippen LogP contribution in [-0.2, 0) is 9.59 Å². The number of hydrogen-bond acceptors (Lipinski definition) is 4. The molecular weight excluding hydrogens is 439 g/mol. The number of anilines is 1. The van der Waals surface area contributed by atoms with Crippen LogP contribution in [0, 0.1) is 13.8 Å². The molecular formula is C22H20Cl2N4O3. The lowest BCUT2D eigenvalue weighted by Crippen LogP contribution is -2.32. The summed E-state index contributed by atoms with van der Waals surface area (Å²) in [6.45, 7) is 3.91. The van der Waals surface area contributed by atoms with Crippen molar-refractivity contribution in [1.82, 2.24) is 9.99 Å². The molecule has 0 aliphatic rings. The first-order chi connectivity index (χ1) is 14.8. The first-order valence-electron chi connectivity index (χ1n) is 9.23. The molecule has 3 rings (SSSR count). The summed E-state index contributed by atoms with van der Waals surface area (Å²) in [7, 11) is 1.62. The molecule has 7 nitrogen and oxygen atoms in total. The van der Waals surface area contributed by atoms with Gasteiger partial charge in [0.2, 0.25) is 0 Å². The number of aryl methyl sites for hydroxylation is 1. The Morgan fingerprint density at radius 2 is 1.71 bits per heavy atom. The quantitative estimate of drug-likeness (QED) is 0.335. The normalized spacial score (nSPS) is 10.9. The van der Waals surface area contributed by atoms with Crippen molar-refractivity contribution >= 4 is 46.9 Å². The van der Waals surface area contributed by atoms with Crippen LogP contribution in [0.5, 0.6) is 5.75 Å². The van der Waals surface area contributed by atoms with E-state index in [4.69, 9.17) is 27.9 Å². The van der Waals surface area contributed by atoms with Gasteiger partial charge in [0.05, 0.1) is 23.4 Å². The molecule has 31 heavy (non-hydrogen) atoms. The summed E-state index contributed by atoms with van der Waals surface area (Å²) in [4.78, 5) is 24.0. The Hall–Kier alpha value is -3.29. The second-order valence-electron chi connectivity index (χ2n) is 6.64. The van der Waals surface area contributed by atoms with E-state index in [9.17, 15) is 9.59 Å². The van der Waals surface area contributed by atoms with Crippen molar-refractivity contribution in [3.05, 3.63) is 75.5 Å². The molecule has 0 bridgehead atoms. The number of ether oxygens (including phenoxy) is 1. The van der Waals surface area contributed by atoms with Gasteiger partial charge >= 0.3 is 11.8 Å². The predicted octanol–water partition coefficient (Wildman–Crippen LogP) is 4.50. The average Bonchev–Trinajstić information content (AvgIpc) is 3.03. The highest BCUT2D eigenvalue weighted by molar-refractivity contribution is 6.42. The van der Waals surface area contributed by atoms with Gasteiger partial charge in [0.25, 0.3) is 0 Å². The molecule has 0 aliphatic heterocycles. The maximum atomic E-state index is 12.0.